The van der Waals surface area contributed by atoms with Crippen LogP contribution in [0.4, 0.5) is 5.69 Å². The normalized spacial score (nSPS) is 14.2. The van der Waals surface area contributed by atoms with Crippen LogP contribution in [0.15, 0.2) is 24.3 Å². The largest absolute Gasteiger partial charge is 0.458 e. The lowest BCUT2D eigenvalue weighted by molar-refractivity contribution is -0.384. The first-order chi connectivity index (χ1) is 10.1. The molecular formula is C15H22N2O4S. The number of nitro benzene ring substituents is 1. The quantitative estimate of drug-likeness (QED) is 0.490. The third-order valence-corrected chi connectivity index (χ3v) is 3.67. The SMILES string of the molecule is CSCC[C@](N)(C(=O)OC(C)(C)C)c1ccc([N+](=O)[O-])cc1. The predicted molar refractivity (Wildman–Crippen MR) is 87.8 cm³/mol. The fourth-order valence-corrected chi connectivity index (χ4v) is 2.40. The number of benzene rings is 1. The predicted octanol–water partition coefficient (Wildman–Crippen LogP) is 2.84. The number of nitrogens with zero attached hydrogens (tertiary/aromatic N) is 1. The molecule has 0 aliphatic rings. The van der Waals surface area contributed by atoms with Crippen LogP contribution in [0.3, 0.4) is 0 Å². The number of hydrogen-bond acceptors (Lipinski definition) is 6. The minimum absolute atomic E-state index is 0.0415. The molecule has 0 fully saturated rings. The van der Waals surface area contributed by atoms with Crippen LogP contribution in [0.2, 0.25) is 0 Å². The van der Waals surface area contributed by atoms with E-state index in [1.807, 2.05) is 6.26 Å². The van der Waals surface area contributed by atoms with Crippen molar-refractivity contribution in [2.75, 3.05) is 12.0 Å². The van der Waals surface area contributed by atoms with Crippen LogP contribution in [0.5, 0.6) is 0 Å². The lowest BCUT2D eigenvalue weighted by Gasteiger charge is -2.31. The van der Waals surface area contributed by atoms with E-state index >= 15 is 0 Å². The van der Waals surface area contributed by atoms with Crippen molar-refractivity contribution in [3.63, 3.8) is 0 Å². The molecule has 0 aliphatic heterocycles. The number of thioether (sulfide) groups is 1. The van der Waals surface area contributed by atoms with Gasteiger partial charge in [-0.2, -0.15) is 11.8 Å². The van der Waals surface area contributed by atoms with Crippen LogP contribution >= 0.6 is 11.8 Å². The monoisotopic (exact) mass is 326 g/mol. The highest BCUT2D eigenvalue weighted by atomic mass is 32.2. The van der Waals surface area contributed by atoms with Crippen LogP contribution in [0.25, 0.3) is 0 Å². The second kappa shape index (κ2) is 7.11. The van der Waals surface area contributed by atoms with Crippen LogP contribution in [-0.4, -0.2) is 28.5 Å². The molecule has 1 aromatic carbocycles. The van der Waals surface area contributed by atoms with Crippen molar-refractivity contribution in [3.05, 3.63) is 39.9 Å². The molecule has 2 N–H and O–H groups in total. The van der Waals surface area contributed by atoms with Gasteiger partial charge in [0.15, 0.2) is 0 Å². The summed E-state index contributed by atoms with van der Waals surface area (Å²) in [5, 5.41) is 10.7. The second-order valence-corrected chi connectivity index (χ2v) is 7.01. The Kier molecular flexibility index (Phi) is 5.96. The van der Waals surface area contributed by atoms with E-state index in [4.69, 9.17) is 10.5 Å². The number of nitrogens with two attached hydrogens (primary N) is 1. The fraction of sp³-hybridized carbons (Fsp3) is 0.533. The van der Waals surface area contributed by atoms with Crippen molar-refractivity contribution < 1.29 is 14.5 Å². The first-order valence-electron chi connectivity index (χ1n) is 6.86. The number of non-ortho nitro benzene ring substituents is 1. The molecule has 0 aliphatic carbocycles. The van der Waals surface area contributed by atoms with Gasteiger partial charge in [0.05, 0.1) is 4.92 Å². The number of esters is 1. The van der Waals surface area contributed by atoms with Crippen molar-refractivity contribution >= 4 is 23.4 Å². The maximum absolute atomic E-state index is 12.5. The smallest absolute Gasteiger partial charge is 0.331 e. The maximum atomic E-state index is 12.5. The summed E-state index contributed by atoms with van der Waals surface area (Å²) in [5.74, 6) is 0.148. The molecule has 0 saturated heterocycles. The van der Waals surface area contributed by atoms with E-state index in [2.05, 4.69) is 0 Å². The van der Waals surface area contributed by atoms with E-state index in [9.17, 15) is 14.9 Å². The molecule has 0 saturated carbocycles. The third kappa shape index (κ3) is 4.71. The summed E-state index contributed by atoms with van der Waals surface area (Å²) >= 11 is 1.57. The van der Waals surface area contributed by atoms with E-state index in [0.29, 0.717) is 17.7 Å². The maximum Gasteiger partial charge on any atom is 0.331 e. The molecule has 0 unspecified atom stereocenters. The molecule has 0 aromatic heterocycles. The lowest BCUT2D eigenvalue weighted by Crippen LogP contribution is -2.48. The molecule has 1 aromatic rings. The van der Waals surface area contributed by atoms with Crippen LogP contribution in [-0.2, 0) is 15.1 Å². The van der Waals surface area contributed by atoms with E-state index in [0.717, 1.165) is 0 Å². The second-order valence-electron chi connectivity index (χ2n) is 6.02. The molecule has 1 atom stereocenters. The molecular weight excluding hydrogens is 304 g/mol. The molecule has 0 bridgehead atoms. The van der Waals surface area contributed by atoms with Gasteiger partial charge in [0, 0.05) is 12.1 Å². The standard InChI is InChI=1S/C15H22N2O4S/c1-14(2,3)21-13(18)15(16,9-10-22-4)11-5-7-12(8-6-11)17(19)20/h5-8H,9-10,16H2,1-4H3/t15-/m1/s1. The Morgan fingerprint density at radius 2 is 1.86 bits per heavy atom. The summed E-state index contributed by atoms with van der Waals surface area (Å²) in [6, 6.07) is 5.73. The Morgan fingerprint density at radius 1 is 1.32 bits per heavy atom. The molecule has 0 radical (unpaired) electrons. The van der Waals surface area contributed by atoms with Crippen molar-refractivity contribution in [1.82, 2.24) is 0 Å². The van der Waals surface area contributed by atoms with E-state index in [1.165, 1.54) is 24.3 Å². The summed E-state index contributed by atoms with van der Waals surface area (Å²) in [4.78, 5) is 22.8. The number of carbonyl (C=O) groups excluding carboxylic acids is 1. The minimum atomic E-state index is -1.31. The summed E-state index contributed by atoms with van der Waals surface area (Å²) in [5.41, 5.74) is 4.83. The highest BCUT2D eigenvalue weighted by molar-refractivity contribution is 7.98. The van der Waals surface area contributed by atoms with Gasteiger partial charge in [0.25, 0.3) is 5.69 Å². The number of carbonyl (C=O) groups is 1. The number of hydrogen-bond donors (Lipinski definition) is 1. The van der Waals surface area contributed by atoms with Gasteiger partial charge < -0.3 is 10.5 Å². The number of ether oxygens (including phenoxy) is 1. The summed E-state index contributed by atoms with van der Waals surface area (Å²) in [7, 11) is 0. The van der Waals surface area contributed by atoms with Gasteiger partial charge in [-0.15, -0.1) is 0 Å². The average Bonchev–Trinajstić information content (AvgIpc) is 2.43. The third-order valence-electron chi connectivity index (χ3n) is 3.06. The fourth-order valence-electron chi connectivity index (χ4n) is 1.88. The Labute approximate surface area is 134 Å². The van der Waals surface area contributed by atoms with Gasteiger partial charge >= 0.3 is 5.97 Å². The Bertz CT molecular complexity index is 539. The molecule has 6 nitrogen and oxygen atoms in total. The lowest BCUT2D eigenvalue weighted by atomic mass is 9.88. The van der Waals surface area contributed by atoms with Gasteiger partial charge in [0.2, 0.25) is 0 Å². The average molecular weight is 326 g/mol. The Hall–Kier alpha value is -1.60. The van der Waals surface area contributed by atoms with E-state index < -0.39 is 22.0 Å². The van der Waals surface area contributed by atoms with E-state index in [-0.39, 0.29) is 5.69 Å². The first kappa shape index (κ1) is 18.4. The summed E-state index contributed by atoms with van der Waals surface area (Å²) < 4.78 is 5.42. The number of rotatable bonds is 6. The van der Waals surface area contributed by atoms with Crippen molar-refractivity contribution in [2.24, 2.45) is 5.73 Å². The zero-order valence-corrected chi connectivity index (χ0v) is 14.1. The van der Waals surface area contributed by atoms with Crippen molar-refractivity contribution in [2.45, 2.75) is 38.3 Å². The molecule has 0 heterocycles. The molecule has 1 rings (SSSR count). The topological polar surface area (TPSA) is 95.5 Å². The van der Waals surface area contributed by atoms with Crippen LogP contribution in [0.1, 0.15) is 32.8 Å². The van der Waals surface area contributed by atoms with Gasteiger partial charge in [-0.05, 0) is 56.9 Å². The zero-order chi connectivity index (χ0) is 17.0. The molecule has 0 amide bonds. The zero-order valence-electron chi connectivity index (χ0n) is 13.3. The molecule has 0 spiro atoms. The molecule has 122 valence electrons. The Morgan fingerprint density at radius 3 is 2.27 bits per heavy atom. The molecule has 22 heavy (non-hydrogen) atoms. The van der Waals surface area contributed by atoms with Crippen LogP contribution in [0, 0.1) is 10.1 Å². The van der Waals surface area contributed by atoms with Gasteiger partial charge in [-0.25, -0.2) is 4.79 Å². The van der Waals surface area contributed by atoms with Crippen LogP contribution < -0.4 is 5.73 Å². The van der Waals surface area contributed by atoms with Gasteiger partial charge in [-0.1, -0.05) is 0 Å². The highest BCUT2D eigenvalue weighted by Gasteiger charge is 2.39. The minimum Gasteiger partial charge on any atom is -0.458 e. The number of nitro groups is 1. The highest BCUT2D eigenvalue weighted by Crippen LogP contribution is 2.29. The van der Waals surface area contributed by atoms with Crippen molar-refractivity contribution in [1.29, 1.82) is 0 Å². The van der Waals surface area contributed by atoms with E-state index in [1.54, 1.807) is 32.5 Å². The van der Waals surface area contributed by atoms with Crippen molar-refractivity contribution in [3.8, 4) is 0 Å². The van der Waals surface area contributed by atoms with Gasteiger partial charge in [0.1, 0.15) is 11.1 Å². The Balaban J connectivity index is 3.14. The first-order valence-corrected chi connectivity index (χ1v) is 8.26. The summed E-state index contributed by atoms with van der Waals surface area (Å²) in [6.45, 7) is 5.32. The van der Waals surface area contributed by atoms with Gasteiger partial charge in [-0.3, -0.25) is 10.1 Å². The summed E-state index contributed by atoms with van der Waals surface area (Å²) in [6.07, 6.45) is 2.31. The molecule has 7 heteroatoms.